The third-order valence-electron chi connectivity index (χ3n) is 4.92. The van der Waals surface area contributed by atoms with E-state index in [2.05, 4.69) is 18.7 Å². The van der Waals surface area contributed by atoms with Crippen LogP contribution in [0.1, 0.15) is 46.0 Å². The first kappa shape index (κ1) is 12.0. The highest BCUT2D eigenvalue weighted by atomic mass is 16.5. The Morgan fingerprint density at radius 1 is 1.18 bits per heavy atom. The van der Waals surface area contributed by atoms with E-state index in [1.165, 1.54) is 51.7 Å². The van der Waals surface area contributed by atoms with Crippen LogP contribution in [0.4, 0.5) is 0 Å². The lowest BCUT2D eigenvalue weighted by Crippen LogP contribution is -2.41. The quantitative estimate of drug-likeness (QED) is 0.729. The van der Waals surface area contributed by atoms with Gasteiger partial charge in [-0.1, -0.05) is 0 Å². The molecule has 3 fully saturated rings. The Labute approximate surface area is 106 Å². The number of likely N-dealkylation sites (tertiary alicyclic amines) is 1. The fourth-order valence-corrected chi connectivity index (χ4v) is 3.79. The van der Waals surface area contributed by atoms with E-state index in [-0.39, 0.29) is 0 Å². The molecule has 1 heterocycles. The van der Waals surface area contributed by atoms with Gasteiger partial charge in [-0.15, -0.1) is 0 Å². The summed E-state index contributed by atoms with van der Waals surface area (Å²) in [4.78, 5) is 2.75. The molecule has 0 spiro atoms. The van der Waals surface area contributed by atoms with E-state index in [1.54, 1.807) is 0 Å². The van der Waals surface area contributed by atoms with Gasteiger partial charge in [-0.3, -0.25) is 0 Å². The van der Waals surface area contributed by atoms with Gasteiger partial charge >= 0.3 is 0 Å². The molecule has 0 aromatic heterocycles. The van der Waals surface area contributed by atoms with Gasteiger partial charge in [0.15, 0.2) is 0 Å². The van der Waals surface area contributed by atoms with Gasteiger partial charge in [-0.05, 0) is 57.8 Å². The molecule has 1 saturated heterocycles. The summed E-state index contributed by atoms with van der Waals surface area (Å²) in [5.41, 5.74) is 0.543. The van der Waals surface area contributed by atoms with Crippen LogP contribution in [-0.4, -0.2) is 37.2 Å². The number of hydrogen-bond acceptors (Lipinski definition) is 2. The van der Waals surface area contributed by atoms with Crippen molar-refractivity contribution in [3.63, 3.8) is 0 Å². The number of fused-ring (bicyclic) bond motifs is 2. The Morgan fingerprint density at radius 3 is 2.35 bits per heavy atom. The van der Waals surface area contributed by atoms with Crippen molar-refractivity contribution in [2.75, 3.05) is 26.2 Å². The largest absolute Gasteiger partial charge is 0.378 e. The SMILES string of the molecule is CC(C)OCC1(CN2CC3CCC(C3)C2)CC1. The average molecular weight is 237 g/mol. The topological polar surface area (TPSA) is 12.5 Å². The molecule has 3 rings (SSSR count). The lowest BCUT2D eigenvalue weighted by atomic mass is 9.97. The number of piperidine rings is 1. The molecular weight excluding hydrogens is 210 g/mol. The smallest absolute Gasteiger partial charge is 0.0538 e. The molecule has 2 heteroatoms. The van der Waals surface area contributed by atoms with Gasteiger partial charge in [-0.25, -0.2) is 0 Å². The molecular formula is C15H27NO. The molecule has 0 aromatic carbocycles. The van der Waals surface area contributed by atoms with Crippen molar-refractivity contribution >= 4 is 0 Å². The van der Waals surface area contributed by atoms with Crippen LogP contribution in [0.3, 0.4) is 0 Å². The fraction of sp³-hybridized carbons (Fsp3) is 1.00. The standard InChI is InChI=1S/C15H27NO/c1-12(2)17-11-15(5-6-15)10-16-8-13-3-4-14(7-13)9-16/h12-14H,3-11H2,1-2H3. The molecule has 2 atom stereocenters. The third kappa shape index (κ3) is 2.85. The summed E-state index contributed by atoms with van der Waals surface area (Å²) in [6.45, 7) is 9.36. The van der Waals surface area contributed by atoms with Crippen molar-refractivity contribution in [2.45, 2.75) is 52.1 Å². The average Bonchev–Trinajstić information content (AvgIpc) is 2.96. The number of ether oxygens (including phenoxy) is 1. The summed E-state index contributed by atoms with van der Waals surface area (Å²) in [5.74, 6) is 2.05. The van der Waals surface area contributed by atoms with Gasteiger partial charge in [0.2, 0.25) is 0 Å². The highest BCUT2D eigenvalue weighted by Gasteiger charge is 2.46. The van der Waals surface area contributed by atoms with Crippen LogP contribution in [0.15, 0.2) is 0 Å². The lowest BCUT2D eigenvalue weighted by Gasteiger charge is -2.34. The van der Waals surface area contributed by atoms with E-state index in [1.807, 2.05) is 0 Å². The van der Waals surface area contributed by atoms with Crippen LogP contribution < -0.4 is 0 Å². The molecule has 0 amide bonds. The Morgan fingerprint density at radius 2 is 1.82 bits per heavy atom. The molecule has 1 aliphatic heterocycles. The first-order valence-corrected chi connectivity index (χ1v) is 7.49. The summed E-state index contributed by atoms with van der Waals surface area (Å²) in [5, 5.41) is 0. The minimum atomic E-state index is 0.394. The second kappa shape index (κ2) is 4.55. The van der Waals surface area contributed by atoms with Crippen LogP contribution >= 0.6 is 0 Å². The van der Waals surface area contributed by atoms with Crippen LogP contribution in [0.5, 0.6) is 0 Å². The van der Waals surface area contributed by atoms with Gasteiger partial charge in [0.1, 0.15) is 0 Å². The van der Waals surface area contributed by atoms with Crippen LogP contribution in [0.25, 0.3) is 0 Å². The molecule has 98 valence electrons. The molecule has 2 bridgehead atoms. The molecule has 2 unspecified atom stereocenters. The zero-order valence-corrected chi connectivity index (χ0v) is 11.5. The first-order valence-electron chi connectivity index (χ1n) is 7.49. The van der Waals surface area contributed by atoms with Crippen molar-refractivity contribution in [3.05, 3.63) is 0 Å². The van der Waals surface area contributed by atoms with Crippen LogP contribution in [0, 0.1) is 17.3 Å². The normalized spacial score (nSPS) is 35.5. The summed E-state index contributed by atoms with van der Waals surface area (Å²) in [7, 11) is 0. The summed E-state index contributed by atoms with van der Waals surface area (Å²) in [6.07, 6.45) is 7.70. The van der Waals surface area contributed by atoms with E-state index in [0.717, 1.165) is 18.4 Å². The Balaban J connectivity index is 1.49. The van der Waals surface area contributed by atoms with Gasteiger partial charge in [0.25, 0.3) is 0 Å². The molecule has 2 saturated carbocycles. The van der Waals surface area contributed by atoms with Crippen molar-refractivity contribution in [1.82, 2.24) is 4.90 Å². The molecule has 2 aliphatic carbocycles. The van der Waals surface area contributed by atoms with Crippen LogP contribution in [-0.2, 0) is 4.74 Å². The Kier molecular flexibility index (Phi) is 3.20. The Bertz CT molecular complexity index is 260. The zero-order chi connectivity index (χ0) is 11.9. The summed E-state index contributed by atoms with van der Waals surface area (Å²) in [6, 6.07) is 0. The zero-order valence-electron chi connectivity index (χ0n) is 11.5. The highest BCUT2D eigenvalue weighted by Crippen LogP contribution is 2.48. The third-order valence-corrected chi connectivity index (χ3v) is 4.92. The van der Waals surface area contributed by atoms with Gasteiger partial charge in [0, 0.05) is 25.0 Å². The van der Waals surface area contributed by atoms with E-state index < -0.39 is 0 Å². The van der Waals surface area contributed by atoms with Gasteiger partial charge < -0.3 is 9.64 Å². The maximum Gasteiger partial charge on any atom is 0.0538 e. The maximum absolute atomic E-state index is 5.85. The van der Waals surface area contributed by atoms with E-state index in [0.29, 0.717) is 11.5 Å². The minimum absolute atomic E-state index is 0.394. The summed E-state index contributed by atoms with van der Waals surface area (Å²) < 4.78 is 5.85. The predicted molar refractivity (Wildman–Crippen MR) is 70.0 cm³/mol. The molecule has 0 radical (unpaired) electrons. The Hall–Kier alpha value is -0.0800. The molecule has 17 heavy (non-hydrogen) atoms. The monoisotopic (exact) mass is 237 g/mol. The molecule has 2 nitrogen and oxygen atoms in total. The van der Waals surface area contributed by atoms with Crippen molar-refractivity contribution < 1.29 is 4.74 Å². The van der Waals surface area contributed by atoms with E-state index in [4.69, 9.17) is 4.74 Å². The number of nitrogens with zero attached hydrogens (tertiary/aromatic N) is 1. The lowest BCUT2D eigenvalue weighted by molar-refractivity contribution is 0.0243. The van der Waals surface area contributed by atoms with Gasteiger partial charge in [0.05, 0.1) is 12.7 Å². The maximum atomic E-state index is 5.85. The van der Waals surface area contributed by atoms with Crippen LogP contribution in [0.2, 0.25) is 0 Å². The predicted octanol–water partition coefficient (Wildman–Crippen LogP) is 2.92. The molecule has 0 N–H and O–H groups in total. The number of rotatable bonds is 5. The molecule has 0 aromatic rings. The van der Waals surface area contributed by atoms with Crippen molar-refractivity contribution in [3.8, 4) is 0 Å². The highest BCUT2D eigenvalue weighted by molar-refractivity contribution is 4.98. The van der Waals surface area contributed by atoms with Crippen molar-refractivity contribution in [2.24, 2.45) is 17.3 Å². The summed E-state index contributed by atoms with van der Waals surface area (Å²) >= 11 is 0. The fourth-order valence-electron chi connectivity index (χ4n) is 3.79. The van der Waals surface area contributed by atoms with Gasteiger partial charge in [-0.2, -0.15) is 0 Å². The second-order valence-electron chi connectivity index (χ2n) is 7.10. The second-order valence-corrected chi connectivity index (χ2v) is 7.10. The van der Waals surface area contributed by atoms with E-state index >= 15 is 0 Å². The van der Waals surface area contributed by atoms with Crippen molar-refractivity contribution in [1.29, 1.82) is 0 Å². The van der Waals surface area contributed by atoms with E-state index in [9.17, 15) is 0 Å². The minimum Gasteiger partial charge on any atom is -0.378 e. The number of hydrogen-bond donors (Lipinski definition) is 0. The molecule has 3 aliphatic rings. The first-order chi connectivity index (χ1) is 8.15.